The van der Waals surface area contributed by atoms with Crippen molar-refractivity contribution in [2.75, 3.05) is 13.2 Å². The third-order valence-corrected chi connectivity index (χ3v) is 6.57. The summed E-state index contributed by atoms with van der Waals surface area (Å²) < 4.78 is 5.68. The molecule has 1 fully saturated rings. The van der Waals surface area contributed by atoms with E-state index in [0.29, 0.717) is 12.8 Å². The number of aliphatic hydroxyl groups excluding tert-OH is 1. The van der Waals surface area contributed by atoms with Crippen LogP contribution in [-0.2, 0) is 19.1 Å². The largest absolute Gasteiger partial charge is 0.456 e. The first-order valence-corrected chi connectivity index (χ1v) is 12.1. The van der Waals surface area contributed by atoms with Crippen molar-refractivity contribution in [1.82, 2.24) is 10.6 Å². The van der Waals surface area contributed by atoms with Crippen molar-refractivity contribution in [3.63, 3.8) is 0 Å². The quantitative estimate of drug-likeness (QED) is 0.466. The van der Waals surface area contributed by atoms with Gasteiger partial charge in [0.25, 0.3) is 0 Å². The second-order valence-corrected chi connectivity index (χ2v) is 9.18. The van der Waals surface area contributed by atoms with Gasteiger partial charge in [-0.05, 0) is 44.1 Å². The fourth-order valence-electron chi connectivity index (χ4n) is 4.59. The van der Waals surface area contributed by atoms with Crippen LogP contribution in [0.15, 0.2) is 42.5 Å². The number of hydrogen-bond acceptors (Lipinski definition) is 5. The van der Waals surface area contributed by atoms with Gasteiger partial charge in [-0.1, -0.05) is 55.3 Å². The van der Waals surface area contributed by atoms with Gasteiger partial charge >= 0.3 is 5.97 Å². The number of amides is 2. The Labute approximate surface area is 196 Å². The fraction of sp³-hybridized carbons (Fsp3) is 0.577. The number of benzene rings is 1. The van der Waals surface area contributed by atoms with Crippen LogP contribution < -0.4 is 10.6 Å². The molecular formula is C26H36N2O5. The van der Waals surface area contributed by atoms with Crippen molar-refractivity contribution in [2.45, 2.75) is 75.9 Å². The van der Waals surface area contributed by atoms with Crippen molar-refractivity contribution < 1.29 is 24.2 Å². The van der Waals surface area contributed by atoms with Crippen LogP contribution in [0.1, 0.15) is 75.9 Å². The zero-order valence-corrected chi connectivity index (χ0v) is 19.3. The summed E-state index contributed by atoms with van der Waals surface area (Å²) in [5.74, 6) is -1.27. The fourth-order valence-corrected chi connectivity index (χ4v) is 4.59. The lowest BCUT2D eigenvalue weighted by Gasteiger charge is -2.29. The molecule has 1 aromatic rings. The van der Waals surface area contributed by atoms with Crippen molar-refractivity contribution in [2.24, 2.45) is 5.92 Å². The molecule has 0 saturated heterocycles. The topological polar surface area (TPSA) is 105 Å². The van der Waals surface area contributed by atoms with E-state index in [2.05, 4.69) is 10.6 Å². The van der Waals surface area contributed by atoms with E-state index in [1.807, 2.05) is 42.5 Å². The lowest BCUT2D eigenvalue weighted by Crippen LogP contribution is -2.50. The number of ether oxygens (including phenoxy) is 1. The van der Waals surface area contributed by atoms with E-state index in [9.17, 15) is 19.5 Å². The van der Waals surface area contributed by atoms with Crippen LogP contribution in [-0.4, -0.2) is 41.6 Å². The van der Waals surface area contributed by atoms with Crippen LogP contribution in [0.2, 0.25) is 0 Å². The maximum absolute atomic E-state index is 13.0. The summed E-state index contributed by atoms with van der Waals surface area (Å²) in [7, 11) is 0. The van der Waals surface area contributed by atoms with Crippen molar-refractivity contribution in [3.8, 4) is 0 Å². The molecule has 2 atom stereocenters. The zero-order valence-electron chi connectivity index (χ0n) is 19.3. The lowest BCUT2D eigenvalue weighted by atomic mass is 9.95. The van der Waals surface area contributed by atoms with Gasteiger partial charge in [0.1, 0.15) is 6.10 Å². The molecule has 0 spiro atoms. The molecule has 180 valence electrons. The van der Waals surface area contributed by atoms with Crippen LogP contribution >= 0.6 is 0 Å². The number of esters is 1. The highest BCUT2D eigenvalue weighted by Crippen LogP contribution is 2.29. The van der Waals surface area contributed by atoms with Crippen LogP contribution in [0.4, 0.5) is 0 Å². The first kappa shape index (κ1) is 25.0. The maximum atomic E-state index is 13.0. The van der Waals surface area contributed by atoms with Gasteiger partial charge in [0, 0.05) is 12.8 Å². The predicted octanol–water partition coefficient (Wildman–Crippen LogP) is 3.34. The van der Waals surface area contributed by atoms with Crippen LogP contribution in [0.5, 0.6) is 0 Å². The van der Waals surface area contributed by atoms with Gasteiger partial charge in [-0.15, -0.1) is 0 Å². The van der Waals surface area contributed by atoms with Crippen molar-refractivity contribution >= 4 is 17.8 Å². The maximum Gasteiger partial charge on any atom is 0.306 e. The standard InChI is InChI=1S/C26H36N2O5/c29-19-26(15-9-10-16-26)28-23(30)17-21-13-5-2-1-3-8-14-24(31)33-22(18-27-25(21)32)20-11-6-4-7-12-20/h2,4-7,11-12,21-22,29H,1,3,8-10,13-19H2,(H,27,32)(H,28,30)/t21-,22+/m1/s1. The third kappa shape index (κ3) is 7.70. The summed E-state index contributed by atoms with van der Waals surface area (Å²) >= 11 is 0. The van der Waals surface area contributed by atoms with E-state index in [1.165, 1.54) is 0 Å². The number of carbonyl (C=O) groups is 3. The number of allylic oxidation sites excluding steroid dienone is 2. The van der Waals surface area contributed by atoms with E-state index in [0.717, 1.165) is 50.5 Å². The molecule has 1 saturated carbocycles. The monoisotopic (exact) mass is 456 g/mol. The number of nitrogens with one attached hydrogen (secondary N) is 2. The molecule has 3 rings (SSSR count). The van der Waals surface area contributed by atoms with E-state index in [1.54, 1.807) is 0 Å². The van der Waals surface area contributed by atoms with Gasteiger partial charge in [-0.2, -0.15) is 0 Å². The van der Waals surface area contributed by atoms with E-state index in [-0.39, 0.29) is 37.4 Å². The summed E-state index contributed by atoms with van der Waals surface area (Å²) in [6.07, 6.45) is 10.1. The van der Waals surface area contributed by atoms with E-state index in [4.69, 9.17) is 4.74 Å². The number of aliphatic hydroxyl groups is 1. The predicted molar refractivity (Wildman–Crippen MR) is 125 cm³/mol. The SMILES string of the molecule is O=C(C[C@H]1CC=CCCCCC(=O)O[C@H](c2ccccc2)CNC1=O)NC1(CO)CCCC1. The smallest absolute Gasteiger partial charge is 0.306 e. The minimum Gasteiger partial charge on any atom is -0.456 e. The molecule has 33 heavy (non-hydrogen) atoms. The minimum atomic E-state index is -0.577. The highest BCUT2D eigenvalue weighted by molar-refractivity contribution is 5.86. The molecule has 0 unspecified atom stereocenters. The van der Waals surface area contributed by atoms with Crippen LogP contribution in [0.3, 0.4) is 0 Å². The molecule has 7 nitrogen and oxygen atoms in total. The van der Waals surface area contributed by atoms with Gasteiger partial charge in [-0.3, -0.25) is 14.4 Å². The van der Waals surface area contributed by atoms with Crippen LogP contribution in [0, 0.1) is 5.92 Å². The first-order chi connectivity index (χ1) is 16.0. The second-order valence-electron chi connectivity index (χ2n) is 9.18. The first-order valence-electron chi connectivity index (χ1n) is 12.1. The summed E-state index contributed by atoms with van der Waals surface area (Å²) in [6, 6.07) is 9.37. The van der Waals surface area contributed by atoms with E-state index < -0.39 is 17.6 Å². The summed E-state index contributed by atoms with van der Waals surface area (Å²) in [4.78, 5) is 38.2. The molecule has 7 heteroatoms. The number of carbonyl (C=O) groups excluding carboxylic acids is 3. The number of hydrogen-bond donors (Lipinski definition) is 3. The zero-order chi connectivity index (χ0) is 23.5. The van der Waals surface area contributed by atoms with Gasteiger partial charge < -0.3 is 20.5 Å². The molecule has 0 aromatic heterocycles. The molecule has 1 aliphatic heterocycles. The van der Waals surface area contributed by atoms with Gasteiger partial charge in [0.2, 0.25) is 11.8 Å². The Balaban J connectivity index is 1.69. The summed E-state index contributed by atoms with van der Waals surface area (Å²) in [5.41, 5.74) is 0.260. The normalized spacial score (nSPS) is 24.4. The van der Waals surface area contributed by atoms with E-state index >= 15 is 0 Å². The minimum absolute atomic E-state index is 0.0493. The Hall–Kier alpha value is -2.67. The van der Waals surface area contributed by atoms with Crippen molar-refractivity contribution in [1.29, 1.82) is 0 Å². The molecule has 1 aliphatic carbocycles. The average molecular weight is 457 g/mol. The third-order valence-electron chi connectivity index (χ3n) is 6.57. The van der Waals surface area contributed by atoms with Gasteiger partial charge in [-0.25, -0.2) is 0 Å². The molecule has 0 bridgehead atoms. The molecular weight excluding hydrogens is 420 g/mol. The van der Waals surface area contributed by atoms with Gasteiger partial charge in [0.05, 0.1) is 24.6 Å². The van der Waals surface area contributed by atoms with Crippen molar-refractivity contribution in [3.05, 3.63) is 48.0 Å². The summed E-state index contributed by atoms with van der Waals surface area (Å²) in [5, 5.41) is 15.7. The Morgan fingerprint density at radius 1 is 1.09 bits per heavy atom. The Morgan fingerprint density at radius 2 is 1.85 bits per heavy atom. The average Bonchev–Trinajstić information content (AvgIpc) is 3.29. The number of cyclic esters (lactones) is 1. The molecule has 1 heterocycles. The Kier molecular flexibility index (Phi) is 9.48. The molecule has 2 amide bonds. The highest BCUT2D eigenvalue weighted by Gasteiger charge is 2.35. The molecule has 0 radical (unpaired) electrons. The highest BCUT2D eigenvalue weighted by atomic mass is 16.5. The number of rotatable bonds is 5. The van der Waals surface area contributed by atoms with Crippen LogP contribution in [0.25, 0.3) is 0 Å². The summed E-state index contributed by atoms with van der Waals surface area (Å²) in [6.45, 7) is 0.0661. The lowest BCUT2D eigenvalue weighted by molar-refractivity contribution is -0.150. The molecule has 3 N–H and O–H groups in total. The second kappa shape index (κ2) is 12.5. The Morgan fingerprint density at radius 3 is 2.58 bits per heavy atom. The Bertz CT molecular complexity index is 817. The van der Waals surface area contributed by atoms with Gasteiger partial charge in [0.15, 0.2) is 0 Å². The molecule has 1 aromatic carbocycles. The molecule has 2 aliphatic rings.